The Labute approximate surface area is 173 Å². The first kappa shape index (κ1) is 20.8. The zero-order chi connectivity index (χ0) is 21.0. The number of nitrogens with one attached hydrogen (secondary N) is 1. The number of amides is 1. The van der Waals surface area contributed by atoms with Gasteiger partial charge in [0.2, 0.25) is 0 Å². The summed E-state index contributed by atoms with van der Waals surface area (Å²) in [6.45, 7) is 0.0537. The van der Waals surface area contributed by atoms with Crippen LogP contribution in [-0.2, 0) is 16.6 Å². The predicted octanol–water partition coefficient (Wildman–Crippen LogP) is 4.23. The summed E-state index contributed by atoms with van der Waals surface area (Å²) in [6.07, 6.45) is 0. The van der Waals surface area contributed by atoms with Gasteiger partial charge in [-0.3, -0.25) is 9.10 Å². The first-order valence-corrected chi connectivity index (χ1v) is 10.5. The minimum absolute atomic E-state index is 0.0537. The number of halogens is 2. The van der Waals surface area contributed by atoms with E-state index in [0.29, 0.717) is 21.8 Å². The van der Waals surface area contributed by atoms with Gasteiger partial charge < -0.3 is 5.32 Å². The highest BCUT2D eigenvalue weighted by atomic mass is 35.5. The summed E-state index contributed by atoms with van der Waals surface area (Å²) in [6, 6.07) is 18.2. The Morgan fingerprint density at radius 1 is 1.00 bits per heavy atom. The molecule has 150 valence electrons. The van der Waals surface area contributed by atoms with Crippen molar-refractivity contribution in [1.29, 1.82) is 0 Å². The zero-order valence-corrected chi connectivity index (χ0v) is 17.0. The van der Waals surface area contributed by atoms with E-state index in [-0.39, 0.29) is 17.3 Å². The van der Waals surface area contributed by atoms with Crippen LogP contribution in [0.1, 0.15) is 15.9 Å². The largest absolute Gasteiger partial charge is 0.348 e. The summed E-state index contributed by atoms with van der Waals surface area (Å²) in [5.41, 5.74) is 1.11. The molecule has 0 unspecified atom stereocenters. The number of sulfonamides is 1. The molecule has 1 N–H and O–H groups in total. The number of anilines is 1. The van der Waals surface area contributed by atoms with Crippen LogP contribution < -0.4 is 9.62 Å². The summed E-state index contributed by atoms with van der Waals surface area (Å²) in [7, 11) is -2.33. The number of rotatable bonds is 6. The maximum Gasteiger partial charge on any atom is 0.264 e. The number of nitrogens with zero attached hydrogens (tertiary/aromatic N) is 1. The normalized spacial score (nSPS) is 11.1. The molecule has 0 radical (unpaired) electrons. The van der Waals surface area contributed by atoms with E-state index in [2.05, 4.69) is 5.32 Å². The van der Waals surface area contributed by atoms with Crippen molar-refractivity contribution in [1.82, 2.24) is 5.32 Å². The predicted molar refractivity (Wildman–Crippen MR) is 111 cm³/mol. The van der Waals surface area contributed by atoms with E-state index < -0.39 is 15.8 Å². The Kier molecular flexibility index (Phi) is 6.20. The first-order valence-electron chi connectivity index (χ1n) is 8.65. The molecule has 0 atom stereocenters. The summed E-state index contributed by atoms with van der Waals surface area (Å²) >= 11 is 5.81. The number of benzene rings is 3. The van der Waals surface area contributed by atoms with E-state index in [1.165, 1.54) is 61.6 Å². The Morgan fingerprint density at radius 3 is 2.24 bits per heavy atom. The Balaban J connectivity index is 1.71. The molecule has 3 aromatic carbocycles. The van der Waals surface area contributed by atoms with Crippen LogP contribution in [0.15, 0.2) is 77.7 Å². The van der Waals surface area contributed by atoms with E-state index >= 15 is 0 Å². The second-order valence-electron chi connectivity index (χ2n) is 6.25. The average Bonchev–Trinajstić information content (AvgIpc) is 2.73. The van der Waals surface area contributed by atoms with Crippen molar-refractivity contribution >= 4 is 33.2 Å². The molecule has 8 heteroatoms. The fourth-order valence-corrected chi connectivity index (χ4v) is 3.97. The van der Waals surface area contributed by atoms with Gasteiger partial charge in [0.25, 0.3) is 15.9 Å². The molecule has 0 aromatic heterocycles. The molecule has 1 amide bonds. The lowest BCUT2D eigenvalue weighted by Crippen LogP contribution is -2.27. The van der Waals surface area contributed by atoms with E-state index in [1.807, 2.05) is 0 Å². The van der Waals surface area contributed by atoms with Gasteiger partial charge in [0, 0.05) is 29.7 Å². The number of hydrogen-bond donors (Lipinski definition) is 1. The molecular weight excluding hydrogens is 415 g/mol. The third-order valence-electron chi connectivity index (χ3n) is 4.36. The maximum atomic E-state index is 13.6. The quantitative estimate of drug-likeness (QED) is 0.633. The fourth-order valence-electron chi connectivity index (χ4n) is 2.65. The second kappa shape index (κ2) is 8.63. The molecule has 0 saturated heterocycles. The van der Waals surface area contributed by atoms with Crippen LogP contribution in [0.2, 0.25) is 5.02 Å². The topological polar surface area (TPSA) is 66.5 Å². The fraction of sp³-hybridized carbons (Fsp3) is 0.0952. The van der Waals surface area contributed by atoms with Crippen LogP contribution in [0.4, 0.5) is 10.1 Å². The van der Waals surface area contributed by atoms with Crippen molar-refractivity contribution in [3.05, 3.63) is 94.8 Å². The lowest BCUT2D eigenvalue weighted by Gasteiger charge is -2.20. The van der Waals surface area contributed by atoms with Gasteiger partial charge in [0.15, 0.2) is 0 Å². The number of hydrogen-bond acceptors (Lipinski definition) is 3. The zero-order valence-electron chi connectivity index (χ0n) is 15.5. The third-order valence-corrected chi connectivity index (χ3v) is 6.41. The molecule has 0 saturated carbocycles. The summed E-state index contributed by atoms with van der Waals surface area (Å²) in [4.78, 5) is 12.4. The Morgan fingerprint density at radius 2 is 1.62 bits per heavy atom. The first-order chi connectivity index (χ1) is 13.8. The van der Waals surface area contributed by atoms with Crippen LogP contribution in [-0.4, -0.2) is 21.4 Å². The van der Waals surface area contributed by atoms with Gasteiger partial charge in [-0.05, 0) is 54.6 Å². The smallest absolute Gasteiger partial charge is 0.264 e. The molecule has 0 heterocycles. The third kappa shape index (κ3) is 4.75. The SMILES string of the molecule is CN(c1ccc(C(=O)NCc2ccccc2F)cc1)S(=O)(=O)c1ccc(Cl)cc1. The summed E-state index contributed by atoms with van der Waals surface area (Å²) < 4.78 is 40.2. The molecule has 0 aliphatic carbocycles. The van der Waals surface area contributed by atoms with Crippen molar-refractivity contribution in [3.8, 4) is 0 Å². The highest BCUT2D eigenvalue weighted by Gasteiger charge is 2.21. The molecule has 0 aliphatic rings. The van der Waals surface area contributed by atoms with E-state index in [1.54, 1.807) is 18.2 Å². The van der Waals surface area contributed by atoms with E-state index in [9.17, 15) is 17.6 Å². The number of carbonyl (C=O) groups is 1. The highest BCUT2D eigenvalue weighted by Crippen LogP contribution is 2.23. The van der Waals surface area contributed by atoms with E-state index in [0.717, 1.165) is 4.31 Å². The van der Waals surface area contributed by atoms with Crippen molar-refractivity contribution in [2.75, 3.05) is 11.4 Å². The molecule has 0 aliphatic heterocycles. The van der Waals surface area contributed by atoms with Gasteiger partial charge >= 0.3 is 0 Å². The summed E-state index contributed by atoms with van der Waals surface area (Å²) in [5.74, 6) is -0.778. The van der Waals surface area contributed by atoms with Crippen LogP contribution in [0, 0.1) is 5.82 Å². The van der Waals surface area contributed by atoms with Gasteiger partial charge in [-0.2, -0.15) is 0 Å². The lowest BCUT2D eigenvalue weighted by molar-refractivity contribution is 0.0950. The maximum absolute atomic E-state index is 13.6. The van der Waals surface area contributed by atoms with Gasteiger partial charge in [-0.15, -0.1) is 0 Å². The molecule has 3 rings (SSSR count). The molecule has 0 spiro atoms. The van der Waals surface area contributed by atoms with Crippen LogP contribution in [0.25, 0.3) is 0 Å². The average molecular weight is 433 g/mol. The van der Waals surface area contributed by atoms with Crippen molar-refractivity contribution in [2.24, 2.45) is 0 Å². The lowest BCUT2D eigenvalue weighted by atomic mass is 10.1. The molecule has 29 heavy (non-hydrogen) atoms. The molecule has 0 bridgehead atoms. The van der Waals surface area contributed by atoms with E-state index in [4.69, 9.17) is 11.6 Å². The van der Waals surface area contributed by atoms with Crippen LogP contribution in [0.3, 0.4) is 0 Å². The van der Waals surface area contributed by atoms with Crippen molar-refractivity contribution in [2.45, 2.75) is 11.4 Å². The molecule has 5 nitrogen and oxygen atoms in total. The van der Waals surface area contributed by atoms with Crippen molar-refractivity contribution < 1.29 is 17.6 Å². The Bertz CT molecular complexity index is 1120. The number of carbonyl (C=O) groups excluding carboxylic acids is 1. The Hall–Kier alpha value is -2.90. The molecule has 0 fully saturated rings. The second-order valence-corrected chi connectivity index (χ2v) is 8.65. The minimum Gasteiger partial charge on any atom is -0.348 e. The van der Waals surface area contributed by atoms with Crippen molar-refractivity contribution in [3.63, 3.8) is 0 Å². The van der Waals surface area contributed by atoms with Gasteiger partial charge in [0.1, 0.15) is 5.82 Å². The van der Waals surface area contributed by atoms with Gasteiger partial charge in [-0.1, -0.05) is 29.8 Å². The molecular formula is C21H18ClFN2O3S. The minimum atomic E-state index is -3.76. The summed E-state index contributed by atoms with van der Waals surface area (Å²) in [5, 5.41) is 3.08. The highest BCUT2D eigenvalue weighted by molar-refractivity contribution is 7.92. The van der Waals surface area contributed by atoms with Crippen LogP contribution >= 0.6 is 11.6 Å². The standard InChI is InChI=1S/C21H18ClFN2O3S/c1-25(29(27,28)19-12-8-17(22)9-13-19)18-10-6-15(7-11-18)21(26)24-14-16-4-2-3-5-20(16)23/h2-13H,14H2,1H3,(H,24,26). The monoisotopic (exact) mass is 432 g/mol. The van der Waals surface area contributed by atoms with Gasteiger partial charge in [-0.25, -0.2) is 12.8 Å². The van der Waals surface area contributed by atoms with Gasteiger partial charge in [0.05, 0.1) is 10.6 Å². The van der Waals surface area contributed by atoms with Crippen LogP contribution in [0.5, 0.6) is 0 Å². The molecule has 3 aromatic rings.